The van der Waals surface area contributed by atoms with E-state index in [1.54, 1.807) is 0 Å². The molecule has 0 fully saturated rings. The highest BCUT2D eigenvalue weighted by atomic mass is 15.1. The standard InChI is InChI=1S/C32H54N2/c1-3-5-7-8-9-10-11-12-13-14-15-16-21-25-32(34-27-26-33-29-34)31(24-18-6-4-2)28-30-22-19-17-20-23-30/h17,19-20,22-23,26-27,29,31-32H,3-16,18,21,24-25,28H2,1-2H3. The molecule has 0 spiro atoms. The first-order valence-electron chi connectivity index (χ1n) is 14.9. The lowest BCUT2D eigenvalue weighted by Crippen LogP contribution is -2.21. The summed E-state index contributed by atoms with van der Waals surface area (Å²) >= 11 is 0. The molecule has 0 saturated heterocycles. The molecule has 0 aliphatic heterocycles. The van der Waals surface area contributed by atoms with Crippen LogP contribution in [0.2, 0.25) is 0 Å². The minimum atomic E-state index is 0.576. The number of aromatic nitrogens is 2. The second-order valence-electron chi connectivity index (χ2n) is 10.6. The van der Waals surface area contributed by atoms with Gasteiger partial charge in [-0.1, -0.05) is 147 Å². The number of nitrogens with zero attached hydrogens (tertiary/aromatic N) is 2. The van der Waals surface area contributed by atoms with Gasteiger partial charge in [0.1, 0.15) is 0 Å². The van der Waals surface area contributed by atoms with Crippen LogP contribution in [0.15, 0.2) is 49.1 Å². The van der Waals surface area contributed by atoms with Crippen molar-refractivity contribution in [3.05, 3.63) is 54.6 Å². The SMILES string of the molecule is CCCCCCCCCCCCCCCC(C(CCCCC)Cc1ccccc1)n1ccnc1. The number of rotatable bonds is 22. The smallest absolute Gasteiger partial charge is 0.0948 e. The van der Waals surface area contributed by atoms with Gasteiger partial charge in [-0.25, -0.2) is 4.98 Å². The minimum absolute atomic E-state index is 0.576. The maximum absolute atomic E-state index is 4.41. The van der Waals surface area contributed by atoms with Gasteiger partial charge in [0.15, 0.2) is 0 Å². The van der Waals surface area contributed by atoms with Crippen LogP contribution in [0.3, 0.4) is 0 Å². The molecule has 1 aromatic heterocycles. The summed E-state index contributed by atoms with van der Waals surface area (Å²) in [6, 6.07) is 11.7. The third-order valence-corrected chi connectivity index (χ3v) is 7.57. The summed E-state index contributed by atoms with van der Waals surface area (Å²) in [4.78, 5) is 4.41. The number of imidazole rings is 1. The van der Waals surface area contributed by atoms with Gasteiger partial charge in [0, 0.05) is 18.4 Å². The van der Waals surface area contributed by atoms with Crippen molar-refractivity contribution in [2.24, 2.45) is 5.92 Å². The molecule has 0 radical (unpaired) electrons. The first-order valence-corrected chi connectivity index (χ1v) is 14.9. The van der Waals surface area contributed by atoms with Gasteiger partial charge in [-0.3, -0.25) is 0 Å². The van der Waals surface area contributed by atoms with Crippen molar-refractivity contribution in [3.8, 4) is 0 Å². The fraction of sp³-hybridized carbons (Fsp3) is 0.719. The largest absolute Gasteiger partial charge is 0.334 e. The zero-order chi connectivity index (χ0) is 24.1. The van der Waals surface area contributed by atoms with Crippen molar-refractivity contribution >= 4 is 0 Å². The van der Waals surface area contributed by atoms with E-state index < -0.39 is 0 Å². The highest BCUT2D eigenvalue weighted by Gasteiger charge is 2.22. The molecule has 0 aliphatic carbocycles. The highest BCUT2D eigenvalue weighted by Crippen LogP contribution is 2.32. The molecule has 2 atom stereocenters. The summed E-state index contributed by atoms with van der Waals surface area (Å²) in [6.45, 7) is 4.61. The zero-order valence-corrected chi connectivity index (χ0v) is 22.6. The van der Waals surface area contributed by atoms with Gasteiger partial charge >= 0.3 is 0 Å². The summed E-state index contributed by atoms with van der Waals surface area (Å²) in [5, 5.41) is 0. The molecule has 0 bridgehead atoms. The number of benzene rings is 1. The topological polar surface area (TPSA) is 17.8 Å². The van der Waals surface area contributed by atoms with Crippen LogP contribution in [-0.2, 0) is 6.42 Å². The fourth-order valence-corrected chi connectivity index (χ4v) is 5.47. The molecular weight excluding hydrogens is 412 g/mol. The lowest BCUT2D eigenvalue weighted by Gasteiger charge is -2.29. The van der Waals surface area contributed by atoms with E-state index in [4.69, 9.17) is 0 Å². The molecule has 34 heavy (non-hydrogen) atoms. The minimum Gasteiger partial charge on any atom is -0.334 e. The van der Waals surface area contributed by atoms with Gasteiger partial charge in [0.05, 0.1) is 6.33 Å². The molecule has 2 heteroatoms. The first-order chi connectivity index (χ1) is 16.8. The Morgan fingerprint density at radius 3 is 1.74 bits per heavy atom. The Morgan fingerprint density at radius 1 is 0.647 bits per heavy atom. The van der Waals surface area contributed by atoms with Crippen molar-refractivity contribution in [1.29, 1.82) is 0 Å². The Hall–Kier alpha value is -1.57. The van der Waals surface area contributed by atoms with Gasteiger partial charge in [-0.15, -0.1) is 0 Å². The van der Waals surface area contributed by atoms with E-state index in [0.717, 1.165) is 0 Å². The van der Waals surface area contributed by atoms with Gasteiger partial charge in [0.25, 0.3) is 0 Å². The van der Waals surface area contributed by atoms with Gasteiger partial charge in [-0.2, -0.15) is 0 Å². The molecule has 2 nitrogen and oxygen atoms in total. The second-order valence-corrected chi connectivity index (χ2v) is 10.6. The normalized spacial score (nSPS) is 13.2. The van der Waals surface area contributed by atoms with Crippen LogP contribution < -0.4 is 0 Å². The lowest BCUT2D eigenvalue weighted by molar-refractivity contribution is 0.276. The van der Waals surface area contributed by atoms with E-state index in [2.05, 4.69) is 66.3 Å². The summed E-state index contributed by atoms with van der Waals surface area (Å²) in [7, 11) is 0. The van der Waals surface area contributed by atoms with Crippen LogP contribution in [0.25, 0.3) is 0 Å². The van der Waals surface area contributed by atoms with Crippen LogP contribution in [0.5, 0.6) is 0 Å². The summed E-state index contributed by atoms with van der Waals surface area (Å²) < 4.78 is 2.42. The third kappa shape index (κ3) is 12.8. The third-order valence-electron chi connectivity index (χ3n) is 7.57. The molecule has 2 aromatic rings. The van der Waals surface area contributed by atoms with Gasteiger partial charge in [-0.05, 0) is 30.7 Å². The lowest BCUT2D eigenvalue weighted by atomic mass is 9.84. The van der Waals surface area contributed by atoms with Crippen molar-refractivity contribution in [1.82, 2.24) is 9.55 Å². The molecule has 192 valence electrons. The van der Waals surface area contributed by atoms with E-state index in [1.165, 1.54) is 128 Å². The van der Waals surface area contributed by atoms with Crippen molar-refractivity contribution < 1.29 is 0 Å². The first kappa shape index (κ1) is 28.7. The monoisotopic (exact) mass is 466 g/mol. The summed E-state index contributed by atoms with van der Waals surface area (Å²) in [5.74, 6) is 0.695. The van der Waals surface area contributed by atoms with Crippen LogP contribution in [0.4, 0.5) is 0 Å². The molecular formula is C32H54N2. The fourth-order valence-electron chi connectivity index (χ4n) is 5.47. The van der Waals surface area contributed by atoms with E-state index in [0.29, 0.717) is 12.0 Å². The molecule has 0 N–H and O–H groups in total. The Morgan fingerprint density at radius 2 is 1.18 bits per heavy atom. The molecule has 2 unspecified atom stereocenters. The molecule has 0 saturated carbocycles. The quantitative estimate of drug-likeness (QED) is 0.158. The Bertz CT molecular complexity index is 664. The van der Waals surface area contributed by atoms with E-state index in [9.17, 15) is 0 Å². The summed E-state index contributed by atoms with van der Waals surface area (Å²) in [5.41, 5.74) is 1.49. The van der Waals surface area contributed by atoms with Crippen molar-refractivity contribution in [3.63, 3.8) is 0 Å². The second kappa shape index (κ2) is 19.7. The van der Waals surface area contributed by atoms with Crippen LogP contribution in [0.1, 0.15) is 141 Å². The zero-order valence-electron chi connectivity index (χ0n) is 22.6. The van der Waals surface area contributed by atoms with Crippen LogP contribution in [0, 0.1) is 5.92 Å². The van der Waals surface area contributed by atoms with Crippen LogP contribution >= 0.6 is 0 Å². The van der Waals surface area contributed by atoms with Crippen molar-refractivity contribution in [2.45, 2.75) is 142 Å². The average Bonchev–Trinajstić information content (AvgIpc) is 3.39. The van der Waals surface area contributed by atoms with Crippen molar-refractivity contribution in [2.75, 3.05) is 0 Å². The van der Waals surface area contributed by atoms with E-state index in [1.807, 2.05) is 6.20 Å². The molecule has 1 heterocycles. The Labute approximate surface area is 212 Å². The average molecular weight is 467 g/mol. The van der Waals surface area contributed by atoms with Crippen LogP contribution in [-0.4, -0.2) is 9.55 Å². The predicted molar refractivity (Wildman–Crippen MR) is 149 cm³/mol. The van der Waals surface area contributed by atoms with Gasteiger partial charge < -0.3 is 4.57 Å². The maximum Gasteiger partial charge on any atom is 0.0948 e. The molecule has 1 aromatic carbocycles. The summed E-state index contributed by atoms with van der Waals surface area (Å²) in [6.07, 6.45) is 32.5. The van der Waals surface area contributed by atoms with E-state index >= 15 is 0 Å². The Balaban J connectivity index is 1.71. The maximum atomic E-state index is 4.41. The Kier molecular flexibility index (Phi) is 16.6. The molecule has 2 rings (SSSR count). The predicted octanol–water partition coefficient (Wildman–Crippen LogP) is 10.3. The highest BCUT2D eigenvalue weighted by molar-refractivity contribution is 5.15. The van der Waals surface area contributed by atoms with E-state index in [-0.39, 0.29) is 0 Å². The molecule has 0 aliphatic rings. The molecule has 0 amide bonds. The number of hydrogen-bond donors (Lipinski definition) is 0. The van der Waals surface area contributed by atoms with Gasteiger partial charge in [0.2, 0.25) is 0 Å². The number of unbranched alkanes of at least 4 members (excludes halogenated alkanes) is 14. The number of hydrogen-bond acceptors (Lipinski definition) is 1.